The molecule has 3 heterocycles. The lowest BCUT2D eigenvalue weighted by Crippen LogP contribution is -2.34. The second kappa shape index (κ2) is 6.63. The Bertz CT molecular complexity index is 1000. The molecular formula is C20H20N4O2. The minimum atomic E-state index is -0.119. The first-order valence-electron chi connectivity index (χ1n) is 8.71. The van der Waals surface area contributed by atoms with E-state index in [1.54, 1.807) is 19.3 Å². The van der Waals surface area contributed by atoms with Crippen LogP contribution in [0.1, 0.15) is 21.6 Å². The van der Waals surface area contributed by atoms with E-state index in [-0.39, 0.29) is 11.5 Å². The van der Waals surface area contributed by atoms with Gasteiger partial charge in [0.05, 0.1) is 11.3 Å². The summed E-state index contributed by atoms with van der Waals surface area (Å²) in [5.74, 6) is -0.0417. The molecule has 1 amide bonds. The van der Waals surface area contributed by atoms with E-state index >= 15 is 0 Å². The number of carbonyl (C=O) groups is 1. The summed E-state index contributed by atoms with van der Waals surface area (Å²) < 4.78 is 1.44. The highest BCUT2D eigenvalue weighted by atomic mass is 16.2. The third-order valence-electron chi connectivity index (χ3n) is 4.88. The van der Waals surface area contributed by atoms with E-state index in [4.69, 9.17) is 0 Å². The molecule has 0 saturated heterocycles. The molecule has 1 N–H and O–H groups in total. The number of benzene rings is 1. The highest BCUT2D eigenvalue weighted by Crippen LogP contribution is 2.26. The van der Waals surface area contributed by atoms with Gasteiger partial charge in [-0.3, -0.25) is 14.7 Å². The van der Waals surface area contributed by atoms with Crippen LogP contribution in [0.4, 0.5) is 0 Å². The maximum Gasteiger partial charge on any atom is 0.255 e. The molecule has 0 fully saturated rings. The lowest BCUT2D eigenvalue weighted by Gasteiger charge is -2.20. The van der Waals surface area contributed by atoms with E-state index < -0.39 is 0 Å². The fourth-order valence-electron chi connectivity index (χ4n) is 3.42. The van der Waals surface area contributed by atoms with E-state index in [0.29, 0.717) is 18.7 Å². The molecule has 3 aromatic rings. The van der Waals surface area contributed by atoms with E-state index in [0.717, 1.165) is 29.8 Å². The van der Waals surface area contributed by atoms with Crippen molar-refractivity contribution in [2.24, 2.45) is 7.05 Å². The van der Waals surface area contributed by atoms with Crippen LogP contribution < -0.4 is 5.56 Å². The summed E-state index contributed by atoms with van der Waals surface area (Å²) in [5, 5.41) is 7.64. The lowest BCUT2D eigenvalue weighted by molar-refractivity contribution is 0.0762. The molecule has 1 aliphatic heterocycles. The Balaban J connectivity index is 1.57. The van der Waals surface area contributed by atoms with E-state index in [1.807, 2.05) is 23.1 Å². The Kier molecular flexibility index (Phi) is 4.16. The number of carbonyl (C=O) groups excluding carboxylic acids is 1. The van der Waals surface area contributed by atoms with Crippen molar-refractivity contribution < 1.29 is 4.79 Å². The molecule has 0 bridgehead atoms. The Hall–Kier alpha value is -3.15. The Morgan fingerprint density at radius 1 is 1.08 bits per heavy atom. The molecule has 1 aliphatic rings. The number of hydrogen-bond donors (Lipinski definition) is 1. The molecule has 0 spiro atoms. The maximum atomic E-state index is 12.8. The van der Waals surface area contributed by atoms with Gasteiger partial charge in [-0.15, -0.1) is 0 Å². The van der Waals surface area contributed by atoms with Crippen molar-refractivity contribution in [1.29, 1.82) is 0 Å². The predicted octanol–water partition coefficient (Wildman–Crippen LogP) is 2.02. The van der Waals surface area contributed by atoms with Gasteiger partial charge in [0.1, 0.15) is 0 Å². The first-order chi connectivity index (χ1) is 12.6. The number of pyridine rings is 1. The molecule has 0 radical (unpaired) electrons. The number of hydrogen-bond acceptors (Lipinski definition) is 3. The molecule has 4 rings (SSSR count). The van der Waals surface area contributed by atoms with Gasteiger partial charge in [0.2, 0.25) is 5.56 Å². The van der Waals surface area contributed by atoms with Gasteiger partial charge in [-0.25, -0.2) is 0 Å². The Labute approximate surface area is 151 Å². The van der Waals surface area contributed by atoms with E-state index in [1.165, 1.54) is 16.2 Å². The third kappa shape index (κ3) is 2.94. The van der Waals surface area contributed by atoms with Gasteiger partial charge in [0.25, 0.3) is 5.91 Å². The molecule has 2 aromatic heterocycles. The van der Waals surface area contributed by atoms with Crippen molar-refractivity contribution in [3.63, 3.8) is 0 Å². The fourth-order valence-corrected chi connectivity index (χ4v) is 3.42. The number of aryl methyl sites for hydroxylation is 1. The standard InChI is InChI=1S/C20H20N4O2/c1-23-13-15(7-8-18(23)25)20(26)24-11-9-16-17(10-12-24)21-22-19(16)14-5-3-2-4-6-14/h2-8,13H,9-12H2,1H3,(H,21,22). The van der Waals surface area contributed by atoms with Crippen molar-refractivity contribution in [3.05, 3.63) is 75.8 Å². The van der Waals surface area contributed by atoms with Gasteiger partial charge < -0.3 is 9.47 Å². The lowest BCUT2D eigenvalue weighted by atomic mass is 10.0. The summed E-state index contributed by atoms with van der Waals surface area (Å²) in [6.45, 7) is 1.26. The number of rotatable bonds is 2. The molecule has 0 saturated carbocycles. The second-order valence-electron chi connectivity index (χ2n) is 6.55. The molecule has 6 nitrogen and oxygen atoms in total. The molecule has 26 heavy (non-hydrogen) atoms. The van der Waals surface area contributed by atoms with Crippen LogP contribution in [-0.2, 0) is 19.9 Å². The number of aromatic amines is 1. The highest BCUT2D eigenvalue weighted by molar-refractivity contribution is 5.94. The summed E-state index contributed by atoms with van der Waals surface area (Å²) >= 11 is 0. The van der Waals surface area contributed by atoms with Crippen molar-refractivity contribution in [3.8, 4) is 11.3 Å². The Morgan fingerprint density at radius 2 is 1.85 bits per heavy atom. The van der Waals surface area contributed by atoms with Gasteiger partial charge in [0, 0.05) is 55.6 Å². The van der Waals surface area contributed by atoms with Gasteiger partial charge in [-0.1, -0.05) is 30.3 Å². The summed E-state index contributed by atoms with van der Waals surface area (Å²) in [4.78, 5) is 26.2. The highest BCUT2D eigenvalue weighted by Gasteiger charge is 2.23. The normalized spacial score (nSPS) is 14.0. The van der Waals surface area contributed by atoms with Crippen LogP contribution in [0.5, 0.6) is 0 Å². The van der Waals surface area contributed by atoms with Crippen LogP contribution in [-0.4, -0.2) is 38.7 Å². The van der Waals surface area contributed by atoms with Crippen molar-refractivity contribution in [2.45, 2.75) is 12.8 Å². The monoisotopic (exact) mass is 348 g/mol. The van der Waals surface area contributed by atoms with Crippen molar-refractivity contribution in [1.82, 2.24) is 19.7 Å². The number of nitrogens with zero attached hydrogens (tertiary/aromatic N) is 3. The summed E-state index contributed by atoms with van der Waals surface area (Å²) in [6.07, 6.45) is 3.10. The number of aromatic nitrogens is 3. The molecular weight excluding hydrogens is 328 g/mol. The van der Waals surface area contributed by atoms with Crippen LogP contribution in [0.2, 0.25) is 0 Å². The SMILES string of the molecule is Cn1cc(C(=O)N2CCc3[nH]nc(-c4ccccc4)c3CC2)ccc1=O. The van der Waals surface area contributed by atoms with E-state index in [2.05, 4.69) is 22.3 Å². The molecule has 1 aromatic carbocycles. The predicted molar refractivity (Wildman–Crippen MR) is 99.0 cm³/mol. The van der Waals surface area contributed by atoms with Gasteiger partial charge in [-0.05, 0) is 12.5 Å². The summed E-state index contributed by atoms with van der Waals surface area (Å²) in [6, 6.07) is 13.1. The minimum Gasteiger partial charge on any atom is -0.338 e. The van der Waals surface area contributed by atoms with Crippen LogP contribution >= 0.6 is 0 Å². The largest absolute Gasteiger partial charge is 0.338 e. The fraction of sp³-hybridized carbons (Fsp3) is 0.250. The maximum absolute atomic E-state index is 12.8. The molecule has 0 unspecified atom stereocenters. The number of fused-ring (bicyclic) bond motifs is 1. The molecule has 0 atom stereocenters. The Morgan fingerprint density at radius 3 is 2.62 bits per heavy atom. The zero-order valence-electron chi connectivity index (χ0n) is 14.6. The molecule has 0 aliphatic carbocycles. The second-order valence-corrected chi connectivity index (χ2v) is 6.55. The van der Waals surface area contributed by atoms with Crippen LogP contribution in [0.25, 0.3) is 11.3 Å². The smallest absolute Gasteiger partial charge is 0.255 e. The zero-order valence-corrected chi connectivity index (χ0v) is 14.6. The first kappa shape index (κ1) is 16.3. The van der Waals surface area contributed by atoms with Crippen molar-refractivity contribution in [2.75, 3.05) is 13.1 Å². The topological polar surface area (TPSA) is 71.0 Å². The quantitative estimate of drug-likeness (QED) is 0.770. The molecule has 132 valence electrons. The van der Waals surface area contributed by atoms with Crippen LogP contribution in [0.15, 0.2) is 53.5 Å². The third-order valence-corrected chi connectivity index (χ3v) is 4.88. The zero-order chi connectivity index (χ0) is 18.1. The summed E-state index contributed by atoms with van der Waals surface area (Å²) in [7, 11) is 1.66. The number of H-pyrrole nitrogens is 1. The minimum absolute atomic E-state index is 0.0417. The average molecular weight is 348 g/mol. The van der Waals surface area contributed by atoms with Crippen molar-refractivity contribution >= 4 is 5.91 Å². The van der Waals surface area contributed by atoms with E-state index in [9.17, 15) is 9.59 Å². The van der Waals surface area contributed by atoms with Crippen LogP contribution in [0, 0.1) is 0 Å². The van der Waals surface area contributed by atoms with Crippen LogP contribution in [0.3, 0.4) is 0 Å². The number of nitrogens with one attached hydrogen (secondary N) is 1. The molecule has 6 heteroatoms. The summed E-state index contributed by atoms with van der Waals surface area (Å²) in [5.41, 5.74) is 4.76. The average Bonchev–Trinajstić information content (AvgIpc) is 2.95. The van der Waals surface area contributed by atoms with Gasteiger partial charge >= 0.3 is 0 Å². The van der Waals surface area contributed by atoms with Gasteiger partial charge in [-0.2, -0.15) is 5.10 Å². The van der Waals surface area contributed by atoms with Gasteiger partial charge in [0.15, 0.2) is 0 Å². The first-order valence-corrected chi connectivity index (χ1v) is 8.71. The number of amides is 1.